The summed E-state index contributed by atoms with van der Waals surface area (Å²) in [5.74, 6) is -9.55. The number of hydrazine groups is 1. The molecule has 3 fully saturated rings. The summed E-state index contributed by atoms with van der Waals surface area (Å²) in [5, 5.41) is 11.3. The summed E-state index contributed by atoms with van der Waals surface area (Å²) < 4.78 is 51.0. The number of benzene rings is 2. The number of likely N-dealkylation sites (tertiary alicyclic amines) is 1. The lowest BCUT2D eigenvalue weighted by Gasteiger charge is -2.51. The molecule has 282 valence electrons. The van der Waals surface area contributed by atoms with E-state index in [0.29, 0.717) is 43.9 Å². The van der Waals surface area contributed by atoms with Gasteiger partial charge in [0.25, 0.3) is 11.8 Å². The molecule has 2 aliphatic heterocycles. The molecular formula is C35H25Br2Cl2F3N4O8. The molecule has 12 nitrogen and oxygen atoms in total. The predicted octanol–water partition coefficient (Wildman–Crippen LogP) is 7.40. The molecule has 6 atom stereocenters. The van der Waals surface area contributed by atoms with Crippen LogP contribution in [0.25, 0.3) is 0 Å². The van der Waals surface area contributed by atoms with Gasteiger partial charge in [-0.2, -0.15) is 23.1 Å². The monoisotopic (exact) mass is 914 g/mol. The first-order chi connectivity index (χ1) is 25.5. The smallest absolute Gasteiger partial charge is 0.423 e. The van der Waals surface area contributed by atoms with E-state index in [1.165, 1.54) is 25.3 Å². The van der Waals surface area contributed by atoms with E-state index in [4.69, 9.17) is 32.7 Å². The summed E-state index contributed by atoms with van der Waals surface area (Å²) in [7, 11) is 2.34. The molecule has 3 heterocycles. The van der Waals surface area contributed by atoms with Crippen LogP contribution in [0.5, 0.6) is 11.5 Å². The van der Waals surface area contributed by atoms with E-state index in [1.54, 1.807) is 18.2 Å². The Balaban J connectivity index is 1.48. The highest BCUT2D eigenvalue weighted by molar-refractivity contribution is 9.13. The van der Waals surface area contributed by atoms with Gasteiger partial charge in [-0.1, -0.05) is 47.0 Å². The van der Waals surface area contributed by atoms with E-state index >= 15 is 4.79 Å². The van der Waals surface area contributed by atoms with Crippen LogP contribution in [0.1, 0.15) is 35.4 Å². The summed E-state index contributed by atoms with van der Waals surface area (Å²) >= 11 is 19.5. The standard InChI is InChI=1S/C35H25Br2Cl2F3N4O8/c1-53-22-11-19(25(36)26(37)27(22)47)24-16-7-8-17-23(31(50)45(29(17)48)33(52)54-2)18(16)10-20-30(49)46(32(51)34(20,24)13-3-5-15(38)6-4-13)44-28-21(39)9-14(12-43-28)35(40,41)42/h3-7,9,11-12,17-18,20,23-24,47H,8,10H2,1-2H3,(H,43,44). The molecule has 2 aromatic carbocycles. The number of carbonyl (C=O) groups is 5. The Hall–Kier alpha value is -4.19. The summed E-state index contributed by atoms with van der Waals surface area (Å²) in [6.07, 6.45) is -3.94. The van der Waals surface area contributed by atoms with E-state index in [2.05, 4.69) is 42.3 Å². The largest absolute Gasteiger partial charge is 0.503 e. The number of phenolic OH excluding ortho intramolecular Hbond substituents is 1. The van der Waals surface area contributed by atoms with E-state index in [1.807, 2.05) is 0 Å². The zero-order valence-corrected chi connectivity index (χ0v) is 32.4. The number of aromatic nitrogens is 1. The first-order valence-corrected chi connectivity index (χ1v) is 18.4. The van der Waals surface area contributed by atoms with Gasteiger partial charge in [-0.25, -0.2) is 9.78 Å². The fraction of sp³-hybridized carbons (Fsp3) is 0.314. The zero-order chi connectivity index (χ0) is 39.2. The minimum Gasteiger partial charge on any atom is -0.503 e. The second-order valence-corrected chi connectivity index (χ2v) is 15.5. The van der Waals surface area contributed by atoms with Crippen molar-refractivity contribution in [2.45, 2.75) is 30.4 Å². The Labute approximate surface area is 330 Å². The van der Waals surface area contributed by atoms with E-state index in [9.17, 15) is 37.5 Å². The fourth-order valence-corrected chi connectivity index (χ4v) is 9.67. The molecule has 6 unspecified atom stereocenters. The minimum absolute atomic E-state index is 0.0178. The molecule has 7 rings (SSSR count). The molecule has 0 bridgehead atoms. The predicted molar refractivity (Wildman–Crippen MR) is 191 cm³/mol. The van der Waals surface area contributed by atoms with Gasteiger partial charge in [-0.3, -0.25) is 24.6 Å². The summed E-state index contributed by atoms with van der Waals surface area (Å²) in [6, 6.07) is 8.25. The number of anilines is 1. The normalized spacial score (nSPS) is 26.3. The van der Waals surface area contributed by atoms with Crippen LogP contribution < -0.4 is 10.2 Å². The number of halogens is 7. The molecule has 4 aliphatic rings. The van der Waals surface area contributed by atoms with Crippen LogP contribution in [0.3, 0.4) is 0 Å². The van der Waals surface area contributed by atoms with Gasteiger partial charge in [0.15, 0.2) is 17.3 Å². The molecule has 0 radical (unpaired) electrons. The number of nitrogens with zero attached hydrogens (tertiary/aromatic N) is 3. The lowest BCUT2D eigenvalue weighted by atomic mass is 9.49. The Morgan fingerprint density at radius 3 is 2.31 bits per heavy atom. The van der Waals surface area contributed by atoms with Crippen molar-refractivity contribution in [1.29, 1.82) is 0 Å². The van der Waals surface area contributed by atoms with Crippen molar-refractivity contribution < 1.29 is 51.7 Å². The fourth-order valence-electron chi connectivity index (χ4n) is 8.38. The van der Waals surface area contributed by atoms with Crippen LogP contribution in [0.15, 0.2) is 63.2 Å². The Bertz CT molecular complexity index is 2210. The Kier molecular flexibility index (Phi) is 9.55. The maximum absolute atomic E-state index is 15.3. The van der Waals surface area contributed by atoms with Crippen LogP contribution in [-0.4, -0.2) is 63.9 Å². The van der Waals surface area contributed by atoms with Gasteiger partial charge in [-0.05, 0) is 86.0 Å². The number of imide groups is 4. The number of phenols is 1. The number of aromatic hydroxyl groups is 1. The Morgan fingerprint density at radius 2 is 1.70 bits per heavy atom. The summed E-state index contributed by atoms with van der Waals surface area (Å²) in [4.78, 5) is 74.5. The van der Waals surface area contributed by atoms with Crippen molar-refractivity contribution in [1.82, 2.24) is 14.9 Å². The molecule has 5 amide bonds. The highest BCUT2D eigenvalue weighted by Gasteiger charge is 2.71. The number of carbonyl (C=O) groups excluding carboxylic acids is 5. The van der Waals surface area contributed by atoms with Crippen molar-refractivity contribution >= 4 is 90.6 Å². The third-order valence-electron chi connectivity index (χ3n) is 10.6. The summed E-state index contributed by atoms with van der Waals surface area (Å²) in [5.41, 5.74) is 0.615. The molecular weight excluding hydrogens is 892 g/mol. The molecule has 1 saturated carbocycles. The molecule has 54 heavy (non-hydrogen) atoms. The highest BCUT2D eigenvalue weighted by Crippen LogP contribution is 2.65. The molecule has 2 N–H and O–H groups in total. The highest BCUT2D eigenvalue weighted by atomic mass is 79.9. The third-order valence-corrected chi connectivity index (χ3v) is 13.3. The lowest BCUT2D eigenvalue weighted by molar-refractivity contribution is -0.140. The van der Waals surface area contributed by atoms with Crippen LogP contribution in [-0.2, 0) is 35.5 Å². The first-order valence-electron chi connectivity index (χ1n) is 16.0. The van der Waals surface area contributed by atoms with Gasteiger partial charge in [-0.15, -0.1) is 0 Å². The third kappa shape index (κ3) is 5.52. The topological polar surface area (TPSA) is 155 Å². The van der Waals surface area contributed by atoms with E-state index in [0.717, 1.165) is 7.11 Å². The maximum Gasteiger partial charge on any atom is 0.423 e. The van der Waals surface area contributed by atoms with Crippen LogP contribution in [0, 0.1) is 23.7 Å². The Morgan fingerprint density at radius 1 is 1.02 bits per heavy atom. The SMILES string of the molecule is COC(=O)N1C(=O)C2CC=C3C(CC4C(=O)N(Nc5ncc(C(F)(F)F)cc5Cl)C(=O)C4(c4ccc(Cl)cc4)C3c3cc(OC)c(O)c(Br)c3Br)C2C1=O. The summed E-state index contributed by atoms with van der Waals surface area (Å²) in [6.45, 7) is 0. The number of hydrogen-bond donors (Lipinski definition) is 2. The number of methoxy groups -OCH3 is 2. The second kappa shape index (κ2) is 13.5. The number of rotatable bonds is 5. The lowest BCUT2D eigenvalue weighted by Crippen LogP contribution is -2.53. The van der Waals surface area contributed by atoms with Crippen molar-refractivity contribution in [2.75, 3.05) is 19.6 Å². The number of allylic oxidation sites excluding steroid dienone is 2. The quantitative estimate of drug-likeness (QED) is 0.196. The number of fused-ring (bicyclic) bond motifs is 4. The first kappa shape index (κ1) is 38.1. The molecule has 2 saturated heterocycles. The van der Waals surface area contributed by atoms with Crippen LogP contribution in [0.2, 0.25) is 10.0 Å². The number of nitrogens with one attached hydrogen (secondary N) is 1. The maximum atomic E-state index is 15.3. The second-order valence-electron chi connectivity index (χ2n) is 13.0. The van der Waals surface area contributed by atoms with Gasteiger partial charge in [0.1, 0.15) is 0 Å². The van der Waals surface area contributed by atoms with Crippen molar-refractivity contribution in [3.63, 3.8) is 0 Å². The van der Waals surface area contributed by atoms with Gasteiger partial charge >= 0.3 is 12.3 Å². The number of ether oxygens (including phenoxy) is 2. The van der Waals surface area contributed by atoms with Gasteiger partial charge in [0, 0.05) is 21.6 Å². The molecule has 0 spiro atoms. The number of amides is 5. The molecule has 3 aromatic rings. The van der Waals surface area contributed by atoms with Crippen LogP contribution in [0.4, 0.5) is 23.8 Å². The zero-order valence-electron chi connectivity index (χ0n) is 27.7. The van der Waals surface area contributed by atoms with Gasteiger partial charge < -0.3 is 14.6 Å². The number of hydrogen-bond acceptors (Lipinski definition) is 10. The van der Waals surface area contributed by atoms with Gasteiger partial charge in [0.05, 0.1) is 52.4 Å². The average Bonchev–Trinajstić information content (AvgIpc) is 3.52. The van der Waals surface area contributed by atoms with Crippen molar-refractivity contribution in [2.24, 2.45) is 23.7 Å². The molecule has 1 aromatic heterocycles. The van der Waals surface area contributed by atoms with Crippen LogP contribution >= 0.6 is 55.1 Å². The van der Waals surface area contributed by atoms with Crippen molar-refractivity contribution in [3.05, 3.63) is 89.9 Å². The van der Waals surface area contributed by atoms with Gasteiger partial charge in [0.2, 0.25) is 11.8 Å². The van der Waals surface area contributed by atoms with E-state index < -0.39 is 87.3 Å². The minimum atomic E-state index is -4.79. The number of pyridine rings is 1. The van der Waals surface area contributed by atoms with Crippen molar-refractivity contribution in [3.8, 4) is 11.5 Å². The molecule has 2 aliphatic carbocycles. The average molecular weight is 917 g/mol. The molecule has 19 heteroatoms. The van der Waals surface area contributed by atoms with E-state index in [-0.39, 0.29) is 33.3 Å². The number of alkyl halides is 3.